The van der Waals surface area contributed by atoms with E-state index in [1.54, 1.807) is 18.2 Å². The van der Waals surface area contributed by atoms with Gasteiger partial charge < -0.3 is 10.4 Å². The number of piperidine rings is 1. The van der Waals surface area contributed by atoms with E-state index in [4.69, 9.17) is 5.11 Å². The highest BCUT2D eigenvalue weighted by Gasteiger charge is 2.45. The molecule has 1 saturated heterocycles. The third-order valence-electron chi connectivity index (χ3n) is 5.12. The van der Waals surface area contributed by atoms with E-state index in [9.17, 15) is 19.2 Å². The molecule has 0 radical (unpaired) electrons. The molecule has 3 N–H and O–H groups in total. The zero-order valence-electron chi connectivity index (χ0n) is 15.7. The Hall–Kier alpha value is -2.74. The van der Waals surface area contributed by atoms with Gasteiger partial charge in [0.1, 0.15) is 6.04 Å². The molecule has 0 bridgehead atoms. The number of hydrogen-bond donors (Lipinski definition) is 3. The minimum Gasteiger partial charge on any atom is -0.396 e. The zero-order chi connectivity index (χ0) is 20.1. The molecule has 0 saturated carbocycles. The summed E-state index contributed by atoms with van der Waals surface area (Å²) in [7, 11) is 0. The Kier molecular flexibility index (Phi) is 6.41. The predicted octanol–water partition coefficient (Wildman–Crippen LogP) is 1.44. The van der Waals surface area contributed by atoms with E-state index in [1.165, 1.54) is 0 Å². The van der Waals surface area contributed by atoms with Crippen molar-refractivity contribution in [2.75, 3.05) is 18.5 Å². The topological polar surface area (TPSA) is 116 Å². The molecule has 0 spiro atoms. The highest BCUT2D eigenvalue weighted by molar-refractivity contribution is 6.25. The molecular formula is C20H25N3O5. The van der Waals surface area contributed by atoms with Crippen molar-refractivity contribution in [2.45, 2.75) is 51.0 Å². The molecule has 1 aromatic carbocycles. The van der Waals surface area contributed by atoms with Crippen LogP contribution in [0.15, 0.2) is 18.2 Å². The number of nitrogens with one attached hydrogen (secondary N) is 2. The molecule has 1 unspecified atom stereocenters. The van der Waals surface area contributed by atoms with Crippen molar-refractivity contribution in [3.63, 3.8) is 0 Å². The minimum absolute atomic E-state index is 0.102. The maximum Gasteiger partial charge on any atom is 0.264 e. The number of aliphatic hydroxyl groups is 1. The van der Waals surface area contributed by atoms with Crippen molar-refractivity contribution in [1.29, 1.82) is 0 Å². The van der Waals surface area contributed by atoms with Crippen molar-refractivity contribution >= 4 is 29.3 Å². The van der Waals surface area contributed by atoms with E-state index in [2.05, 4.69) is 10.6 Å². The van der Waals surface area contributed by atoms with Gasteiger partial charge in [-0.25, -0.2) is 0 Å². The second kappa shape index (κ2) is 8.97. The number of benzene rings is 1. The number of hydrogen-bond acceptors (Lipinski definition) is 6. The number of anilines is 1. The van der Waals surface area contributed by atoms with Gasteiger partial charge in [-0.05, 0) is 31.4 Å². The first-order valence-electron chi connectivity index (χ1n) is 9.74. The molecule has 2 heterocycles. The Morgan fingerprint density at radius 3 is 2.54 bits per heavy atom. The quantitative estimate of drug-likeness (QED) is 0.436. The summed E-state index contributed by atoms with van der Waals surface area (Å²) >= 11 is 0. The molecule has 0 aromatic heterocycles. The SMILES string of the molecule is O=C1CCC(N2C(=O)c3cccc(NCCCCCCCO)c3C2=O)C(=O)N1. The monoisotopic (exact) mass is 387 g/mol. The molecule has 8 heteroatoms. The van der Waals surface area contributed by atoms with E-state index in [-0.39, 0.29) is 36.5 Å². The Bertz CT molecular complexity index is 792. The molecule has 8 nitrogen and oxygen atoms in total. The lowest BCUT2D eigenvalue weighted by Gasteiger charge is -2.27. The fourth-order valence-corrected chi connectivity index (χ4v) is 3.65. The standard InChI is InChI=1S/C20H25N3O5/c24-12-5-3-1-2-4-11-21-14-8-6-7-13-17(14)20(28)23(19(13)27)15-9-10-16(25)22-18(15)26/h6-8,15,21,24H,1-5,9-12H2,(H,22,25,26). The molecule has 2 aliphatic heterocycles. The summed E-state index contributed by atoms with van der Waals surface area (Å²) in [5.41, 5.74) is 1.15. The van der Waals surface area contributed by atoms with E-state index < -0.39 is 23.8 Å². The summed E-state index contributed by atoms with van der Waals surface area (Å²) in [6, 6.07) is 4.09. The van der Waals surface area contributed by atoms with Gasteiger partial charge in [-0.3, -0.25) is 29.4 Å². The maximum atomic E-state index is 12.9. The molecule has 1 aromatic rings. The summed E-state index contributed by atoms with van der Waals surface area (Å²) < 4.78 is 0. The van der Waals surface area contributed by atoms with Crippen molar-refractivity contribution in [3.8, 4) is 0 Å². The Morgan fingerprint density at radius 2 is 1.79 bits per heavy atom. The van der Waals surface area contributed by atoms with Crippen LogP contribution in [0.1, 0.15) is 65.7 Å². The highest BCUT2D eigenvalue weighted by Crippen LogP contribution is 2.32. The van der Waals surface area contributed by atoms with E-state index >= 15 is 0 Å². The molecule has 4 amide bonds. The molecular weight excluding hydrogens is 362 g/mol. The van der Waals surface area contributed by atoms with Gasteiger partial charge in [-0.2, -0.15) is 0 Å². The number of amides is 4. The second-order valence-electron chi connectivity index (χ2n) is 7.09. The van der Waals surface area contributed by atoms with Gasteiger partial charge in [0, 0.05) is 25.3 Å². The summed E-state index contributed by atoms with van der Waals surface area (Å²) in [5, 5.41) is 14.2. The van der Waals surface area contributed by atoms with Crippen LogP contribution >= 0.6 is 0 Å². The minimum atomic E-state index is -0.954. The Labute approximate surface area is 163 Å². The number of imide groups is 2. The zero-order valence-corrected chi connectivity index (χ0v) is 15.7. The van der Waals surface area contributed by atoms with Crippen LogP contribution < -0.4 is 10.6 Å². The van der Waals surface area contributed by atoms with Gasteiger partial charge in [0.15, 0.2) is 0 Å². The number of fused-ring (bicyclic) bond motifs is 1. The summed E-state index contributed by atoms with van der Waals surface area (Å²) in [4.78, 5) is 50.2. The van der Waals surface area contributed by atoms with Crippen LogP contribution in [0.25, 0.3) is 0 Å². The van der Waals surface area contributed by atoms with Crippen LogP contribution in [0.5, 0.6) is 0 Å². The van der Waals surface area contributed by atoms with E-state index in [0.29, 0.717) is 12.2 Å². The first-order chi connectivity index (χ1) is 13.5. The lowest BCUT2D eigenvalue weighted by atomic mass is 10.0. The number of rotatable bonds is 9. The van der Waals surface area contributed by atoms with Crippen LogP contribution in [0.2, 0.25) is 0 Å². The predicted molar refractivity (Wildman–Crippen MR) is 102 cm³/mol. The van der Waals surface area contributed by atoms with E-state index in [0.717, 1.165) is 37.0 Å². The lowest BCUT2D eigenvalue weighted by molar-refractivity contribution is -0.136. The molecule has 1 atom stereocenters. The van der Waals surface area contributed by atoms with E-state index in [1.807, 2.05) is 0 Å². The van der Waals surface area contributed by atoms with Gasteiger partial charge >= 0.3 is 0 Å². The summed E-state index contributed by atoms with van der Waals surface area (Å²) in [5.74, 6) is -2.00. The molecule has 3 rings (SSSR count). The second-order valence-corrected chi connectivity index (χ2v) is 7.09. The fourth-order valence-electron chi connectivity index (χ4n) is 3.65. The lowest BCUT2D eigenvalue weighted by Crippen LogP contribution is -2.54. The van der Waals surface area contributed by atoms with Gasteiger partial charge in [0.25, 0.3) is 11.8 Å². The number of aliphatic hydroxyl groups excluding tert-OH is 1. The number of carbonyl (C=O) groups is 4. The van der Waals surface area contributed by atoms with Crippen LogP contribution in [0, 0.1) is 0 Å². The maximum absolute atomic E-state index is 12.9. The highest BCUT2D eigenvalue weighted by atomic mass is 16.3. The first-order valence-corrected chi connectivity index (χ1v) is 9.74. The molecule has 2 aliphatic rings. The van der Waals surface area contributed by atoms with Gasteiger partial charge in [-0.1, -0.05) is 25.3 Å². The Morgan fingerprint density at radius 1 is 1.04 bits per heavy atom. The van der Waals surface area contributed by atoms with Crippen molar-refractivity contribution in [3.05, 3.63) is 29.3 Å². The van der Waals surface area contributed by atoms with Crippen molar-refractivity contribution in [1.82, 2.24) is 10.2 Å². The first kappa shape index (κ1) is 20.0. The average molecular weight is 387 g/mol. The van der Waals surface area contributed by atoms with Crippen LogP contribution in [-0.4, -0.2) is 52.8 Å². The number of unbranched alkanes of at least 4 members (excludes halogenated alkanes) is 4. The van der Waals surface area contributed by atoms with Crippen LogP contribution in [0.3, 0.4) is 0 Å². The number of carbonyl (C=O) groups excluding carboxylic acids is 4. The van der Waals surface area contributed by atoms with Crippen molar-refractivity contribution < 1.29 is 24.3 Å². The smallest absolute Gasteiger partial charge is 0.264 e. The van der Waals surface area contributed by atoms with Crippen molar-refractivity contribution in [2.24, 2.45) is 0 Å². The molecule has 0 aliphatic carbocycles. The van der Waals surface area contributed by atoms with Crippen LogP contribution in [-0.2, 0) is 9.59 Å². The van der Waals surface area contributed by atoms with Gasteiger partial charge in [-0.15, -0.1) is 0 Å². The van der Waals surface area contributed by atoms with Gasteiger partial charge in [0.2, 0.25) is 11.8 Å². The van der Waals surface area contributed by atoms with Gasteiger partial charge in [0.05, 0.1) is 11.1 Å². The number of nitrogens with zero attached hydrogens (tertiary/aromatic N) is 1. The Balaban J connectivity index is 1.66. The third-order valence-corrected chi connectivity index (χ3v) is 5.12. The fraction of sp³-hybridized carbons (Fsp3) is 0.500. The third kappa shape index (κ3) is 4.06. The average Bonchev–Trinajstić information content (AvgIpc) is 2.93. The largest absolute Gasteiger partial charge is 0.396 e. The molecule has 150 valence electrons. The molecule has 1 fully saturated rings. The summed E-state index contributed by atoms with van der Waals surface area (Å²) in [6.07, 6.45) is 5.01. The summed E-state index contributed by atoms with van der Waals surface area (Å²) in [6.45, 7) is 0.879. The van der Waals surface area contributed by atoms with Crippen LogP contribution in [0.4, 0.5) is 5.69 Å². The normalized spacial score (nSPS) is 19.0. The molecule has 28 heavy (non-hydrogen) atoms.